The van der Waals surface area contributed by atoms with Gasteiger partial charge in [-0.2, -0.15) is 4.98 Å². The number of nitrogens with zero attached hydrogens (tertiary/aromatic N) is 10. The zero-order valence-electron chi connectivity index (χ0n) is 41.8. The summed E-state index contributed by atoms with van der Waals surface area (Å²) in [6.07, 6.45) is 6.88. The van der Waals surface area contributed by atoms with Crippen molar-refractivity contribution in [2.24, 2.45) is 0 Å². The van der Waals surface area contributed by atoms with Gasteiger partial charge in [-0.25, -0.2) is 23.4 Å². The Morgan fingerprint density at radius 2 is 0.945 bits per heavy atom. The smallest absolute Gasteiger partial charge is 0.260 e. The van der Waals surface area contributed by atoms with Crippen LogP contribution in [0.4, 0.5) is 0 Å². The first-order valence-corrected chi connectivity index (χ1v) is 28.1. The van der Waals surface area contributed by atoms with E-state index in [9.17, 15) is 22.2 Å². The summed E-state index contributed by atoms with van der Waals surface area (Å²) in [6, 6.07) is 6.34. The molecule has 8 rings (SSSR count). The van der Waals surface area contributed by atoms with Crippen LogP contribution in [0, 0.1) is 0 Å². The Morgan fingerprint density at radius 1 is 0.575 bits per heavy atom. The largest absolute Gasteiger partial charge is 0.495 e. The van der Waals surface area contributed by atoms with Crippen molar-refractivity contribution >= 4 is 89.1 Å². The molecule has 0 aliphatic carbocycles. The van der Waals surface area contributed by atoms with Crippen LogP contribution in [-0.4, -0.2) is 182 Å². The van der Waals surface area contributed by atoms with Crippen LogP contribution in [0.2, 0.25) is 20.1 Å². The fourth-order valence-electron chi connectivity index (χ4n) is 8.67. The normalized spacial score (nSPS) is 15.6. The Kier molecular flexibility index (Phi) is 18.7. The van der Waals surface area contributed by atoms with Gasteiger partial charge in [0.2, 0.25) is 20.2 Å². The van der Waals surface area contributed by atoms with Gasteiger partial charge in [0.25, 0.3) is 11.1 Å². The minimum absolute atomic E-state index is 0.155. The van der Waals surface area contributed by atoms with E-state index in [-0.39, 0.29) is 58.3 Å². The molecule has 2 aromatic carbocycles. The van der Waals surface area contributed by atoms with Crippen molar-refractivity contribution in [1.29, 1.82) is 0 Å². The second-order valence-corrected chi connectivity index (χ2v) is 22.4. The number of ether oxygens (including phenoxy) is 4. The minimum Gasteiger partial charge on any atom is -0.495 e. The molecule has 0 saturated carbocycles. The minimum atomic E-state index is -3.69. The Morgan fingerprint density at radius 3 is 1.30 bits per heavy atom. The van der Waals surface area contributed by atoms with E-state index in [2.05, 4.69) is 53.6 Å². The molecule has 6 aromatic rings. The van der Waals surface area contributed by atoms with Crippen molar-refractivity contribution < 1.29 is 31.6 Å². The number of methoxy groups -OCH3 is 4. The second-order valence-electron chi connectivity index (χ2n) is 17.7. The maximum atomic E-state index is 13.9. The molecule has 394 valence electrons. The number of hydrogen-bond donors (Lipinski definition) is 0. The molecular weight excluding hydrogens is 1070 g/mol. The van der Waals surface area contributed by atoms with Gasteiger partial charge in [-0.1, -0.05) is 46.4 Å². The Hall–Kier alpha value is -4.68. The van der Waals surface area contributed by atoms with Crippen molar-refractivity contribution in [2.45, 2.75) is 36.2 Å². The highest BCUT2D eigenvalue weighted by atomic mass is 35.5. The summed E-state index contributed by atoms with van der Waals surface area (Å²) in [7, 11) is 5.00. The lowest BCUT2D eigenvalue weighted by molar-refractivity contribution is 0.151. The molecule has 2 aliphatic rings. The number of piperazine rings is 2. The van der Waals surface area contributed by atoms with Gasteiger partial charge in [0, 0.05) is 124 Å². The number of rotatable bonds is 16. The van der Waals surface area contributed by atoms with Crippen LogP contribution in [-0.2, 0) is 33.7 Å². The van der Waals surface area contributed by atoms with E-state index in [0.29, 0.717) is 64.5 Å². The first-order valence-electron chi connectivity index (χ1n) is 23.2. The number of likely N-dealkylation sites (N-methyl/N-ethyl adjacent to an activating group) is 2. The van der Waals surface area contributed by atoms with Gasteiger partial charge in [0.1, 0.15) is 34.3 Å². The molecule has 0 amide bonds. The van der Waals surface area contributed by atoms with Crippen LogP contribution in [0.3, 0.4) is 0 Å². The van der Waals surface area contributed by atoms with E-state index in [0.717, 1.165) is 78.1 Å². The predicted octanol–water partition coefficient (Wildman–Crippen LogP) is 5.98. The summed E-state index contributed by atoms with van der Waals surface area (Å²) in [6.45, 7) is 10.2. The van der Waals surface area contributed by atoms with Gasteiger partial charge < -0.3 is 38.5 Å². The van der Waals surface area contributed by atoms with E-state index < -0.39 is 26.2 Å². The van der Waals surface area contributed by atoms with Crippen LogP contribution < -0.4 is 30.1 Å². The van der Waals surface area contributed by atoms with E-state index in [1.807, 2.05) is 0 Å². The number of sulfone groups is 1. The third-order valence-corrected chi connectivity index (χ3v) is 15.9. The quantitative estimate of drug-likeness (QED) is 0.103. The standard InChI is InChI=1S/C24H29Cl2N5O5S.C24H29Cl2N5O4S/c1-29-8-10-30(11-9-29)6-5-7-31-22-15(14-27-24(28-22)37(4,33)34)12-16(23(31)32)19-20(25)17(35-2)13-18(36-3)21(19)26;1-29-8-10-30(11-9-29)6-5-7-31-22-15(14-27-24(28-22)36(4)33)12-16(23(31)32)19-20(25)17(34-2)13-18(35-3)21(19)26/h12-14H,5-11H2,1-4H3;12-14H,5-11H2,1-4H3. The third-order valence-electron chi connectivity index (χ3n) is 12.8. The monoisotopic (exact) mass is 1120 g/mol. The van der Waals surface area contributed by atoms with Crippen molar-refractivity contribution in [3.05, 3.63) is 77.5 Å². The molecule has 2 saturated heterocycles. The van der Waals surface area contributed by atoms with Crippen LogP contribution in [0.25, 0.3) is 44.3 Å². The Balaban J connectivity index is 0.000000214. The maximum Gasteiger partial charge on any atom is 0.260 e. The van der Waals surface area contributed by atoms with Crippen LogP contribution in [0.5, 0.6) is 23.0 Å². The molecule has 4 aromatic heterocycles. The van der Waals surface area contributed by atoms with Crippen molar-refractivity contribution in [2.75, 3.05) is 120 Å². The van der Waals surface area contributed by atoms with Crippen LogP contribution >= 0.6 is 46.4 Å². The molecule has 25 heteroatoms. The molecule has 0 spiro atoms. The van der Waals surface area contributed by atoms with Crippen molar-refractivity contribution in [3.63, 3.8) is 0 Å². The molecular formula is C48H58Cl4N10O9S2. The number of aryl methyl sites for hydroxylation is 2. The van der Waals surface area contributed by atoms with E-state index >= 15 is 0 Å². The molecule has 6 heterocycles. The fraction of sp³-hybridized carbons (Fsp3) is 0.458. The number of hydrogen-bond acceptors (Lipinski definition) is 17. The van der Waals surface area contributed by atoms with Gasteiger partial charge in [-0.05, 0) is 52.2 Å². The molecule has 2 aliphatic heterocycles. The molecule has 2 fully saturated rings. The number of fused-ring (bicyclic) bond motifs is 2. The van der Waals surface area contributed by atoms with E-state index in [4.69, 9.17) is 65.4 Å². The van der Waals surface area contributed by atoms with E-state index in [1.54, 1.807) is 35.0 Å². The second kappa shape index (κ2) is 24.3. The Bertz CT molecular complexity index is 3220. The van der Waals surface area contributed by atoms with Gasteiger partial charge in [-0.15, -0.1) is 0 Å². The van der Waals surface area contributed by atoms with Crippen molar-refractivity contribution in [3.8, 4) is 45.3 Å². The van der Waals surface area contributed by atoms with E-state index in [1.165, 1.54) is 45.5 Å². The summed E-state index contributed by atoms with van der Waals surface area (Å²) >= 11 is 26.5. The van der Waals surface area contributed by atoms with Gasteiger partial charge >= 0.3 is 0 Å². The average Bonchev–Trinajstić information content (AvgIpc) is 3.36. The molecule has 0 N–H and O–H groups in total. The summed E-state index contributed by atoms with van der Waals surface area (Å²) < 4.78 is 61.0. The van der Waals surface area contributed by atoms with Crippen LogP contribution in [0.1, 0.15) is 12.8 Å². The molecule has 73 heavy (non-hydrogen) atoms. The van der Waals surface area contributed by atoms with Gasteiger partial charge in [0.05, 0.1) is 70.5 Å². The fourth-order valence-corrected chi connectivity index (χ4v) is 11.0. The van der Waals surface area contributed by atoms with Crippen LogP contribution in [0.15, 0.2) is 56.6 Å². The summed E-state index contributed by atoms with van der Waals surface area (Å²) in [4.78, 5) is 54.1. The van der Waals surface area contributed by atoms with Gasteiger partial charge in [-0.3, -0.25) is 22.9 Å². The molecule has 0 radical (unpaired) electrons. The topological polar surface area (TPSA) is 197 Å². The lowest BCUT2D eigenvalue weighted by atomic mass is 10.0. The predicted molar refractivity (Wildman–Crippen MR) is 287 cm³/mol. The zero-order chi connectivity index (χ0) is 52.9. The van der Waals surface area contributed by atoms with Crippen molar-refractivity contribution in [1.82, 2.24) is 48.7 Å². The third kappa shape index (κ3) is 12.5. The molecule has 1 atom stereocenters. The molecule has 0 bridgehead atoms. The first kappa shape index (κ1) is 56.1. The number of halogens is 4. The maximum absolute atomic E-state index is 13.9. The highest BCUT2D eigenvalue weighted by Crippen LogP contribution is 2.47. The Labute approximate surface area is 446 Å². The van der Waals surface area contributed by atoms with Gasteiger partial charge in [0.15, 0.2) is 0 Å². The number of aromatic nitrogens is 6. The number of benzene rings is 2. The summed E-state index contributed by atoms with van der Waals surface area (Å²) in [5.41, 5.74) is 0.978. The SMILES string of the molecule is COc1cc(OC)c(Cl)c(-c2cc3cnc(S(C)(=O)=O)nc3n(CCCN3CCN(C)CC3)c2=O)c1Cl.COc1cc(OC)c(Cl)c(-c2cc3cnc(S(C)=O)nc3n(CCCN3CCN(C)CC3)c2=O)c1Cl. The summed E-state index contributed by atoms with van der Waals surface area (Å²) in [5.74, 6) is 1.26. The lowest BCUT2D eigenvalue weighted by Crippen LogP contribution is -2.44. The highest BCUT2D eigenvalue weighted by Gasteiger charge is 2.26. The molecule has 19 nitrogen and oxygen atoms in total. The summed E-state index contributed by atoms with van der Waals surface area (Å²) in [5, 5.41) is 1.61. The average molecular weight is 1120 g/mol. The molecule has 1 unspecified atom stereocenters. The zero-order valence-corrected chi connectivity index (χ0v) is 46.5. The highest BCUT2D eigenvalue weighted by molar-refractivity contribution is 7.90. The lowest BCUT2D eigenvalue weighted by Gasteiger charge is -2.32. The number of pyridine rings is 2. The first-order chi connectivity index (χ1) is 34.8.